The van der Waals surface area contributed by atoms with E-state index in [2.05, 4.69) is 11.1 Å². The van der Waals surface area contributed by atoms with Gasteiger partial charge in [0.2, 0.25) is 5.90 Å². The molecule has 2 aromatic heterocycles. The van der Waals surface area contributed by atoms with Gasteiger partial charge in [0.25, 0.3) is 0 Å². The van der Waals surface area contributed by atoms with Gasteiger partial charge < -0.3 is 19.0 Å². The smallest absolute Gasteiger partial charge is 0.339 e. The molecule has 0 fully saturated rings. The van der Waals surface area contributed by atoms with Gasteiger partial charge in [0.1, 0.15) is 23.8 Å². The van der Waals surface area contributed by atoms with Crippen LogP contribution in [-0.4, -0.2) is 24.1 Å². The predicted octanol–water partition coefficient (Wildman–Crippen LogP) is 4.94. The number of methoxy groups -OCH3 is 1. The van der Waals surface area contributed by atoms with Crippen molar-refractivity contribution in [3.05, 3.63) is 81.9 Å². The van der Waals surface area contributed by atoms with Crippen molar-refractivity contribution >= 4 is 28.9 Å². The number of furan rings is 1. The van der Waals surface area contributed by atoms with Gasteiger partial charge in [-0.25, -0.2) is 9.79 Å². The lowest BCUT2D eigenvalue weighted by Crippen LogP contribution is -2.25. The van der Waals surface area contributed by atoms with Gasteiger partial charge >= 0.3 is 5.97 Å². The molecule has 0 saturated carbocycles. The Morgan fingerprint density at radius 2 is 2.23 bits per heavy atom. The highest BCUT2D eigenvalue weighted by molar-refractivity contribution is 7.11. The van der Waals surface area contributed by atoms with Crippen LogP contribution in [0.2, 0.25) is 0 Å². The molecule has 7 nitrogen and oxygen atoms in total. The summed E-state index contributed by atoms with van der Waals surface area (Å²) in [6, 6.07) is 12.8. The van der Waals surface area contributed by atoms with Crippen molar-refractivity contribution in [2.24, 2.45) is 10.9 Å². The van der Waals surface area contributed by atoms with E-state index in [1.807, 2.05) is 29.7 Å². The fourth-order valence-electron chi connectivity index (χ4n) is 3.38. The zero-order chi connectivity index (χ0) is 21.8. The van der Waals surface area contributed by atoms with Crippen LogP contribution in [0.25, 0.3) is 5.70 Å². The first-order valence-corrected chi connectivity index (χ1v) is 10.3. The fourth-order valence-corrected chi connectivity index (χ4v) is 4.07. The molecule has 0 radical (unpaired) electrons. The average molecular weight is 434 g/mol. The van der Waals surface area contributed by atoms with Gasteiger partial charge in [-0.3, -0.25) is 0 Å². The molecule has 4 rings (SSSR count). The maximum atomic E-state index is 11.3. The Morgan fingerprint density at radius 1 is 1.35 bits per heavy atom. The van der Waals surface area contributed by atoms with Crippen molar-refractivity contribution in [2.45, 2.75) is 12.5 Å². The molecule has 0 aliphatic carbocycles. The molecule has 2 unspecified atom stereocenters. The summed E-state index contributed by atoms with van der Waals surface area (Å²) in [6.45, 7) is 0.114. The third kappa shape index (κ3) is 4.22. The molecule has 1 N–H and O–H groups in total. The lowest BCUT2D eigenvalue weighted by atomic mass is 9.85. The molecular weight excluding hydrogens is 416 g/mol. The third-order valence-electron chi connectivity index (χ3n) is 4.92. The largest absolute Gasteiger partial charge is 0.496 e. The molecule has 1 aromatic carbocycles. The number of carboxylic acid groups (broad SMARTS) is 1. The Kier molecular flexibility index (Phi) is 5.87. The number of thiophene rings is 1. The zero-order valence-corrected chi connectivity index (χ0v) is 17.3. The topological polar surface area (TPSA) is 105 Å². The van der Waals surface area contributed by atoms with Gasteiger partial charge in [-0.2, -0.15) is 5.26 Å². The number of benzene rings is 1. The van der Waals surface area contributed by atoms with Gasteiger partial charge in [0, 0.05) is 5.92 Å². The molecule has 8 heteroatoms. The Morgan fingerprint density at radius 3 is 2.87 bits per heavy atom. The zero-order valence-electron chi connectivity index (χ0n) is 16.5. The van der Waals surface area contributed by atoms with Gasteiger partial charge in [-0.1, -0.05) is 12.1 Å². The summed E-state index contributed by atoms with van der Waals surface area (Å²) in [5.74, 6) is -1.41. The van der Waals surface area contributed by atoms with Crippen molar-refractivity contribution in [2.75, 3.05) is 7.11 Å². The first-order chi connectivity index (χ1) is 15.1. The number of carboxylic acids is 1. The van der Waals surface area contributed by atoms with Crippen LogP contribution >= 0.6 is 11.3 Å². The monoisotopic (exact) mass is 434 g/mol. The Labute approximate surface area is 182 Å². The van der Waals surface area contributed by atoms with Gasteiger partial charge in [-0.15, -0.1) is 11.3 Å². The van der Waals surface area contributed by atoms with Crippen LogP contribution in [0.1, 0.15) is 32.3 Å². The van der Waals surface area contributed by atoms with Crippen molar-refractivity contribution in [3.8, 4) is 11.8 Å². The minimum absolute atomic E-state index is 0.0686. The van der Waals surface area contributed by atoms with E-state index in [0.717, 1.165) is 16.1 Å². The van der Waals surface area contributed by atoms with E-state index >= 15 is 0 Å². The van der Waals surface area contributed by atoms with E-state index in [4.69, 9.17) is 13.9 Å². The highest BCUT2D eigenvalue weighted by Crippen LogP contribution is 2.37. The van der Waals surface area contributed by atoms with Crippen molar-refractivity contribution in [1.29, 1.82) is 5.26 Å². The summed E-state index contributed by atoms with van der Waals surface area (Å²) >= 11 is 1.55. The number of nitriles is 1. The number of ether oxygens (including phenoxy) is 2. The van der Waals surface area contributed by atoms with E-state index in [1.54, 1.807) is 36.0 Å². The molecular formula is C23H18N2O5S. The molecule has 1 aliphatic heterocycles. The lowest BCUT2D eigenvalue weighted by molar-refractivity contribution is 0.0693. The van der Waals surface area contributed by atoms with Crippen LogP contribution in [0.15, 0.2) is 69.8 Å². The fraction of sp³-hybridized carbons (Fsp3) is 0.174. The maximum absolute atomic E-state index is 11.3. The maximum Gasteiger partial charge on any atom is 0.339 e. The number of aliphatic imine (C=N–C) groups is 1. The van der Waals surface area contributed by atoms with Crippen molar-refractivity contribution < 1.29 is 23.8 Å². The molecule has 31 heavy (non-hydrogen) atoms. The number of carbonyl (C=O) groups is 1. The molecule has 0 bridgehead atoms. The first-order valence-electron chi connectivity index (χ1n) is 9.39. The van der Waals surface area contributed by atoms with Crippen LogP contribution in [0.4, 0.5) is 0 Å². The SMILES string of the molecule is COc1cc(COC2=NC(c3cccs3)=CC(c3ccoc3)C2C#N)ccc1C(=O)O. The number of aromatic carboxylic acids is 1. The second-order valence-corrected chi connectivity index (χ2v) is 7.74. The van der Waals surface area contributed by atoms with E-state index in [0.29, 0.717) is 11.5 Å². The number of rotatable bonds is 6. The third-order valence-corrected chi connectivity index (χ3v) is 5.81. The first kappa shape index (κ1) is 20.4. The number of allylic oxidation sites excluding steroid dienone is 1. The second kappa shape index (κ2) is 8.90. The molecule has 0 spiro atoms. The average Bonchev–Trinajstić information content (AvgIpc) is 3.51. The highest BCUT2D eigenvalue weighted by Gasteiger charge is 2.33. The van der Waals surface area contributed by atoms with Crippen LogP contribution in [-0.2, 0) is 11.3 Å². The Bertz CT molecular complexity index is 1170. The van der Waals surface area contributed by atoms with Crippen molar-refractivity contribution in [3.63, 3.8) is 0 Å². The van der Waals surface area contributed by atoms with E-state index in [9.17, 15) is 15.2 Å². The predicted molar refractivity (Wildman–Crippen MR) is 115 cm³/mol. The van der Waals surface area contributed by atoms with E-state index < -0.39 is 11.9 Å². The summed E-state index contributed by atoms with van der Waals surface area (Å²) < 4.78 is 16.4. The number of hydrogen-bond acceptors (Lipinski definition) is 7. The molecule has 156 valence electrons. The van der Waals surface area contributed by atoms with Gasteiger partial charge in [-0.05, 0) is 46.8 Å². The number of nitrogens with zero attached hydrogens (tertiary/aromatic N) is 2. The van der Waals surface area contributed by atoms with E-state index in [-0.39, 0.29) is 23.8 Å². The molecule has 0 amide bonds. The highest BCUT2D eigenvalue weighted by atomic mass is 32.1. The van der Waals surface area contributed by atoms with Crippen LogP contribution in [0.5, 0.6) is 5.75 Å². The normalized spacial score (nSPS) is 17.9. The minimum atomic E-state index is -1.07. The summed E-state index contributed by atoms with van der Waals surface area (Å²) in [7, 11) is 1.41. The molecule has 1 aliphatic rings. The molecule has 3 aromatic rings. The van der Waals surface area contributed by atoms with Crippen LogP contribution in [0, 0.1) is 17.2 Å². The van der Waals surface area contributed by atoms with Crippen LogP contribution in [0.3, 0.4) is 0 Å². The number of hydrogen-bond donors (Lipinski definition) is 1. The Balaban J connectivity index is 1.63. The van der Waals surface area contributed by atoms with Gasteiger partial charge in [0.15, 0.2) is 0 Å². The lowest BCUT2D eigenvalue weighted by Gasteiger charge is -2.25. The summed E-state index contributed by atoms with van der Waals surface area (Å²) in [4.78, 5) is 16.9. The van der Waals surface area contributed by atoms with Crippen LogP contribution < -0.4 is 4.74 Å². The molecule has 0 saturated heterocycles. The quantitative estimate of drug-likeness (QED) is 0.589. The van der Waals surface area contributed by atoms with Crippen molar-refractivity contribution in [1.82, 2.24) is 0 Å². The minimum Gasteiger partial charge on any atom is -0.496 e. The van der Waals surface area contributed by atoms with E-state index in [1.165, 1.54) is 13.2 Å². The molecule has 2 atom stereocenters. The standard InChI is InChI=1S/C23H18N2O5S/c1-28-20-9-14(4-5-16(20)23(26)27)12-30-22-18(11-24)17(15-6-7-29-13-15)10-19(25-22)21-3-2-8-31-21/h2-10,13,17-18H,12H2,1H3,(H,26,27). The molecule has 3 heterocycles. The summed E-state index contributed by atoms with van der Waals surface area (Å²) in [5.41, 5.74) is 2.37. The Hall–Kier alpha value is -3.83. The summed E-state index contributed by atoms with van der Waals surface area (Å²) in [5, 5.41) is 21.1. The van der Waals surface area contributed by atoms with Gasteiger partial charge in [0.05, 0.1) is 36.3 Å². The summed E-state index contributed by atoms with van der Waals surface area (Å²) in [6.07, 6.45) is 5.16. The second-order valence-electron chi connectivity index (χ2n) is 6.80.